The third-order valence-electron chi connectivity index (χ3n) is 2.48. The van der Waals surface area contributed by atoms with Crippen LogP contribution in [0.15, 0.2) is 60.8 Å². The van der Waals surface area contributed by atoms with Crippen LogP contribution in [-0.4, -0.2) is 5.78 Å². The molecule has 0 unspecified atom stereocenters. The van der Waals surface area contributed by atoms with E-state index in [-0.39, 0.29) is 5.78 Å². The quantitative estimate of drug-likeness (QED) is 0.647. The molecule has 0 atom stereocenters. The molecule has 0 amide bonds. The summed E-state index contributed by atoms with van der Waals surface area (Å²) in [5, 5.41) is 3.92. The van der Waals surface area contributed by atoms with Gasteiger partial charge in [-0.15, -0.1) is 0 Å². The molecule has 0 aliphatic rings. The van der Waals surface area contributed by atoms with E-state index < -0.39 is 0 Å². The maximum absolute atomic E-state index is 11.8. The van der Waals surface area contributed by atoms with Crippen molar-refractivity contribution >= 4 is 34.7 Å². The average Bonchev–Trinajstić information content (AvgIpc) is 2.43. The number of allylic oxidation sites excluding steroid dienone is 1. The number of carbonyl (C=O) groups excluding carboxylic acids is 1. The van der Waals surface area contributed by atoms with Crippen molar-refractivity contribution in [1.82, 2.24) is 0 Å². The van der Waals surface area contributed by atoms with Gasteiger partial charge in [0.05, 0.1) is 15.7 Å². The Labute approximate surface area is 121 Å². The lowest BCUT2D eigenvalue weighted by Crippen LogP contribution is -1.96. The second-order valence-corrected chi connectivity index (χ2v) is 4.62. The Hall–Kier alpha value is -1.77. The van der Waals surface area contributed by atoms with Crippen molar-refractivity contribution in [2.75, 3.05) is 5.32 Å². The number of benzene rings is 2. The van der Waals surface area contributed by atoms with E-state index in [9.17, 15) is 4.79 Å². The van der Waals surface area contributed by atoms with Crippen molar-refractivity contribution in [1.29, 1.82) is 0 Å². The van der Waals surface area contributed by atoms with Gasteiger partial charge in [0.1, 0.15) is 0 Å². The first kappa shape index (κ1) is 13.7. The summed E-state index contributed by atoms with van der Waals surface area (Å²) in [4.78, 5) is 11.8. The van der Waals surface area contributed by atoms with E-state index >= 15 is 0 Å². The Balaban J connectivity index is 2.07. The Bertz CT molecular complexity index is 589. The zero-order valence-corrected chi connectivity index (χ0v) is 11.4. The minimum absolute atomic E-state index is 0.0868. The second-order valence-electron chi connectivity index (χ2n) is 3.80. The molecule has 0 heterocycles. The molecule has 0 bridgehead atoms. The van der Waals surface area contributed by atoms with Gasteiger partial charge >= 0.3 is 0 Å². The van der Waals surface area contributed by atoms with Crippen molar-refractivity contribution in [3.63, 3.8) is 0 Å². The van der Waals surface area contributed by atoms with Crippen molar-refractivity contribution in [2.45, 2.75) is 0 Å². The highest BCUT2D eigenvalue weighted by Crippen LogP contribution is 2.29. The molecule has 0 aliphatic heterocycles. The number of halogens is 2. The molecule has 0 radical (unpaired) electrons. The molecule has 0 saturated heterocycles. The Kier molecular flexibility index (Phi) is 4.61. The minimum Gasteiger partial charge on any atom is -0.359 e. The maximum atomic E-state index is 11.8. The summed E-state index contributed by atoms with van der Waals surface area (Å²) in [7, 11) is 0. The van der Waals surface area contributed by atoms with E-state index in [0.29, 0.717) is 21.3 Å². The van der Waals surface area contributed by atoms with E-state index in [1.165, 1.54) is 12.3 Å². The molecule has 2 aromatic carbocycles. The standard InChI is InChI=1S/C15H11Cl2NO/c16-12-7-4-8-13(17)15(12)18-10-9-14(19)11-5-2-1-3-6-11/h1-10,18H. The molecule has 2 aromatic rings. The van der Waals surface area contributed by atoms with Gasteiger partial charge in [0.15, 0.2) is 5.78 Å². The van der Waals surface area contributed by atoms with Gasteiger partial charge in [-0.3, -0.25) is 4.79 Å². The third-order valence-corrected chi connectivity index (χ3v) is 3.11. The summed E-state index contributed by atoms with van der Waals surface area (Å²) < 4.78 is 0. The highest BCUT2D eigenvalue weighted by molar-refractivity contribution is 6.39. The van der Waals surface area contributed by atoms with Crippen LogP contribution in [0.25, 0.3) is 0 Å². The number of anilines is 1. The van der Waals surface area contributed by atoms with Gasteiger partial charge in [-0.25, -0.2) is 0 Å². The number of ketones is 1. The smallest absolute Gasteiger partial charge is 0.187 e. The minimum atomic E-state index is -0.0868. The van der Waals surface area contributed by atoms with Crippen LogP contribution in [0.2, 0.25) is 10.0 Å². The molecule has 0 aliphatic carbocycles. The van der Waals surface area contributed by atoms with Crippen LogP contribution in [0.3, 0.4) is 0 Å². The topological polar surface area (TPSA) is 29.1 Å². The van der Waals surface area contributed by atoms with E-state index in [2.05, 4.69) is 5.32 Å². The molecule has 96 valence electrons. The number of hydrogen-bond acceptors (Lipinski definition) is 2. The number of rotatable bonds is 4. The molecular weight excluding hydrogens is 281 g/mol. The summed E-state index contributed by atoms with van der Waals surface area (Å²) in [5.41, 5.74) is 1.22. The summed E-state index contributed by atoms with van der Waals surface area (Å²) >= 11 is 12.0. The highest BCUT2D eigenvalue weighted by Gasteiger charge is 2.03. The van der Waals surface area contributed by atoms with Crippen LogP contribution in [0.4, 0.5) is 5.69 Å². The normalized spacial score (nSPS) is 10.6. The highest BCUT2D eigenvalue weighted by atomic mass is 35.5. The largest absolute Gasteiger partial charge is 0.359 e. The van der Waals surface area contributed by atoms with Crippen LogP contribution in [-0.2, 0) is 0 Å². The van der Waals surface area contributed by atoms with Crippen LogP contribution in [0.5, 0.6) is 0 Å². The fourth-order valence-corrected chi connectivity index (χ4v) is 2.04. The SMILES string of the molecule is O=C(C=CNc1c(Cl)cccc1Cl)c1ccccc1. The van der Waals surface area contributed by atoms with Gasteiger partial charge in [0, 0.05) is 17.8 Å². The first-order valence-corrected chi connectivity index (χ1v) is 6.40. The van der Waals surface area contributed by atoms with Crippen LogP contribution in [0, 0.1) is 0 Å². The number of nitrogens with one attached hydrogen (secondary N) is 1. The molecule has 4 heteroatoms. The van der Waals surface area contributed by atoms with Crippen LogP contribution < -0.4 is 5.32 Å². The molecule has 0 spiro atoms. The lowest BCUT2D eigenvalue weighted by Gasteiger charge is -2.05. The number of hydrogen-bond donors (Lipinski definition) is 1. The molecule has 0 fully saturated rings. The van der Waals surface area contributed by atoms with E-state index in [1.807, 2.05) is 18.2 Å². The zero-order chi connectivity index (χ0) is 13.7. The molecule has 2 rings (SSSR count). The van der Waals surface area contributed by atoms with Crippen molar-refractivity contribution in [3.8, 4) is 0 Å². The summed E-state index contributed by atoms with van der Waals surface area (Å²) in [6, 6.07) is 14.2. The summed E-state index contributed by atoms with van der Waals surface area (Å²) in [5.74, 6) is -0.0868. The Morgan fingerprint density at radius 1 is 0.947 bits per heavy atom. The average molecular weight is 292 g/mol. The first-order chi connectivity index (χ1) is 9.18. The summed E-state index contributed by atoms with van der Waals surface area (Å²) in [6.45, 7) is 0. The van der Waals surface area contributed by atoms with Gasteiger partial charge in [0.2, 0.25) is 0 Å². The fraction of sp³-hybridized carbons (Fsp3) is 0. The molecule has 1 N–H and O–H groups in total. The first-order valence-electron chi connectivity index (χ1n) is 5.65. The molecule has 2 nitrogen and oxygen atoms in total. The van der Waals surface area contributed by atoms with Crippen molar-refractivity contribution in [2.24, 2.45) is 0 Å². The predicted molar refractivity (Wildman–Crippen MR) is 80.0 cm³/mol. The molecule has 0 aromatic heterocycles. The van der Waals surface area contributed by atoms with Crippen molar-refractivity contribution < 1.29 is 4.79 Å². The van der Waals surface area contributed by atoms with Crippen molar-refractivity contribution in [3.05, 3.63) is 76.4 Å². The van der Waals surface area contributed by atoms with Crippen LogP contribution in [0.1, 0.15) is 10.4 Å². The van der Waals surface area contributed by atoms with Gasteiger partial charge in [0.25, 0.3) is 0 Å². The Morgan fingerprint density at radius 3 is 2.21 bits per heavy atom. The lowest BCUT2D eigenvalue weighted by atomic mass is 10.1. The maximum Gasteiger partial charge on any atom is 0.187 e. The third kappa shape index (κ3) is 3.60. The zero-order valence-electron chi connectivity index (χ0n) is 9.94. The predicted octanol–water partition coefficient (Wildman–Crippen LogP) is 4.80. The monoisotopic (exact) mass is 291 g/mol. The van der Waals surface area contributed by atoms with Gasteiger partial charge in [-0.2, -0.15) is 0 Å². The second kappa shape index (κ2) is 6.41. The van der Waals surface area contributed by atoms with Gasteiger partial charge in [-0.05, 0) is 12.1 Å². The van der Waals surface area contributed by atoms with E-state index in [0.717, 1.165) is 0 Å². The molecule has 0 saturated carbocycles. The summed E-state index contributed by atoms with van der Waals surface area (Å²) in [6.07, 6.45) is 2.97. The van der Waals surface area contributed by atoms with E-state index in [1.54, 1.807) is 30.3 Å². The van der Waals surface area contributed by atoms with Crippen LogP contribution >= 0.6 is 23.2 Å². The number of carbonyl (C=O) groups is 1. The lowest BCUT2D eigenvalue weighted by molar-refractivity contribution is 0.104. The van der Waals surface area contributed by atoms with Gasteiger partial charge in [-0.1, -0.05) is 59.6 Å². The number of para-hydroxylation sites is 1. The molecular formula is C15H11Cl2NO. The van der Waals surface area contributed by atoms with E-state index in [4.69, 9.17) is 23.2 Å². The Morgan fingerprint density at radius 2 is 1.58 bits per heavy atom. The van der Waals surface area contributed by atoms with Gasteiger partial charge < -0.3 is 5.32 Å². The molecule has 19 heavy (non-hydrogen) atoms. The fourth-order valence-electron chi connectivity index (χ4n) is 1.54.